The quantitative estimate of drug-likeness (QED) is 0.278. The lowest BCUT2D eigenvalue weighted by atomic mass is 9.92. The minimum atomic E-state index is -0.493. The van der Waals surface area contributed by atoms with Gasteiger partial charge in [-0.3, -0.25) is 4.98 Å². The monoisotopic (exact) mass is 531 g/mol. The Bertz CT molecular complexity index is 1510. The Morgan fingerprint density at radius 3 is 2.66 bits per heavy atom. The van der Waals surface area contributed by atoms with Crippen molar-refractivity contribution in [2.75, 3.05) is 10.6 Å². The largest absolute Gasteiger partial charge is 0.391 e. The van der Waals surface area contributed by atoms with Gasteiger partial charge in [0.25, 0.3) is 0 Å². The molecule has 194 valence electrons. The molecule has 4 aromatic rings. The molecule has 2 aliphatic carbocycles. The Morgan fingerprint density at radius 2 is 1.92 bits per heavy atom. The Kier molecular flexibility index (Phi) is 6.60. The van der Waals surface area contributed by atoms with E-state index in [1.165, 1.54) is 18.3 Å². The number of aliphatic hydroxyl groups excluding tert-OH is 1. The molecule has 3 atom stereocenters. The molecule has 8 nitrogen and oxygen atoms in total. The molecule has 0 saturated heterocycles. The maximum absolute atomic E-state index is 13.7. The molecule has 3 N–H and O–H groups in total. The Hall–Kier alpha value is -3.74. The van der Waals surface area contributed by atoms with E-state index >= 15 is 0 Å². The lowest BCUT2D eigenvalue weighted by Gasteiger charge is -2.30. The topological polar surface area (TPSA) is 112 Å². The van der Waals surface area contributed by atoms with Crippen LogP contribution in [-0.4, -0.2) is 37.2 Å². The van der Waals surface area contributed by atoms with Crippen molar-refractivity contribution < 1.29 is 9.50 Å². The highest BCUT2D eigenvalue weighted by atomic mass is 35.5. The van der Waals surface area contributed by atoms with Crippen molar-refractivity contribution in [3.63, 3.8) is 0 Å². The van der Waals surface area contributed by atoms with Crippen molar-refractivity contribution in [1.29, 1.82) is 5.26 Å². The zero-order valence-corrected chi connectivity index (χ0v) is 21.4. The van der Waals surface area contributed by atoms with Gasteiger partial charge >= 0.3 is 0 Å². The van der Waals surface area contributed by atoms with Gasteiger partial charge in [0.15, 0.2) is 0 Å². The minimum Gasteiger partial charge on any atom is -0.391 e. The van der Waals surface area contributed by atoms with E-state index in [0.29, 0.717) is 44.6 Å². The number of aliphatic hydroxyl groups is 1. The predicted octanol–water partition coefficient (Wildman–Crippen LogP) is 5.74. The highest BCUT2D eigenvalue weighted by Crippen LogP contribution is 2.38. The molecule has 6 rings (SSSR count). The summed E-state index contributed by atoms with van der Waals surface area (Å²) < 4.78 is 15.6. The number of halogens is 2. The number of anilines is 2. The molecule has 2 aromatic carbocycles. The molecular weight excluding hydrogens is 505 g/mol. The third kappa shape index (κ3) is 4.89. The molecule has 0 amide bonds. The number of pyridine rings is 1. The number of benzene rings is 2. The van der Waals surface area contributed by atoms with Gasteiger partial charge < -0.3 is 15.7 Å². The number of nitrogens with zero attached hydrogens (tertiary/aromatic N) is 5. The zero-order valence-electron chi connectivity index (χ0n) is 20.6. The van der Waals surface area contributed by atoms with Gasteiger partial charge in [-0.05, 0) is 55.5 Å². The molecule has 2 aromatic heterocycles. The van der Waals surface area contributed by atoms with E-state index in [1.54, 1.807) is 18.2 Å². The number of rotatable bonds is 7. The maximum atomic E-state index is 13.7. The van der Waals surface area contributed by atoms with Gasteiger partial charge in [0.1, 0.15) is 17.6 Å². The van der Waals surface area contributed by atoms with E-state index in [0.717, 1.165) is 44.1 Å². The van der Waals surface area contributed by atoms with Crippen molar-refractivity contribution in [3.05, 3.63) is 76.5 Å². The van der Waals surface area contributed by atoms with Gasteiger partial charge in [-0.1, -0.05) is 41.8 Å². The van der Waals surface area contributed by atoms with Crippen LogP contribution in [0.3, 0.4) is 0 Å². The summed E-state index contributed by atoms with van der Waals surface area (Å²) in [6, 6.07) is 12.0. The first-order valence-corrected chi connectivity index (χ1v) is 13.3. The van der Waals surface area contributed by atoms with E-state index in [9.17, 15) is 14.8 Å². The molecule has 2 fully saturated rings. The highest BCUT2D eigenvalue weighted by Gasteiger charge is 2.28. The molecule has 2 aliphatic rings. The van der Waals surface area contributed by atoms with Crippen LogP contribution in [0.4, 0.5) is 15.8 Å². The van der Waals surface area contributed by atoms with E-state index in [1.807, 2.05) is 16.9 Å². The third-order valence-corrected chi connectivity index (χ3v) is 7.65. The smallest absolute Gasteiger partial charge is 0.123 e. The Labute approximate surface area is 224 Å². The minimum absolute atomic E-state index is 0.165. The Morgan fingerprint density at radius 1 is 1.13 bits per heavy atom. The third-order valence-electron chi connectivity index (χ3n) is 7.36. The number of nitriles is 1. The van der Waals surface area contributed by atoms with Gasteiger partial charge in [0.05, 0.1) is 52.2 Å². The van der Waals surface area contributed by atoms with Crippen LogP contribution in [0.25, 0.3) is 10.9 Å². The summed E-state index contributed by atoms with van der Waals surface area (Å²) >= 11 is 6.71. The highest BCUT2D eigenvalue weighted by molar-refractivity contribution is 6.35. The summed E-state index contributed by atoms with van der Waals surface area (Å²) in [4.78, 5) is 4.45. The molecule has 0 spiro atoms. The SMILES string of the molecule is N#Cc1cnc2c(Cl)cc(NC(c3ccc(F)cc3)c3cn(C4CC4)nn3)cc2c1NC1CCCC[C@@H]1O. The molecule has 0 radical (unpaired) electrons. The van der Waals surface area contributed by atoms with Crippen LogP contribution < -0.4 is 10.6 Å². The molecule has 0 aliphatic heterocycles. The number of fused-ring (bicyclic) bond motifs is 1. The van der Waals surface area contributed by atoms with E-state index < -0.39 is 12.1 Å². The molecule has 38 heavy (non-hydrogen) atoms. The molecular formula is C28H27ClFN7O. The average Bonchev–Trinajstić information content (AvgIpc) is 3.66. The van der Waals surface area contributed by atoms with Crippen molar-refractivity contribution in [2.24, 2.45) is 0 Å². The molecule has 2 unspecified atom stereocenters. The fraction of sp³-hybridized carbons (Fsp3) is 0.357. The van der Waals surface area contributed by atoms with Crippen LogP contribution in [0.5, 0.6) is 0 Å². The summed E-state index contributed by atoms with van der Waals surface area (Å²) in [6.07, 6.45) is 8.62. The van der Waals surface area contributed by atoms with Crippen molar-refractivity contribution in [3.8, 4) is 6.07 Å². The van der Waals surface area contributed by atoms with Gasteiger partial charge in [-0.25, -0.2) is 9.07 Å². The number of aromatic nitrogens is 4. The van der Waals surface area contributed by atoms with E-state index in [4.69, 9.17) is 11.6 Å². The Balaban J connectivity index is 1.41. The first kappa shape index (κ1) is 24.6. The van der Waals surface area contributed by atoms with E-state index in [-0.39, 0.29) is 11.9 Å². The standard InChI is InChI=1S/C28H27ClFN7O/c29-22-12-19(11-21-26(17(13-31)14-32-28(21)22)34-23-3-1-2-4-25(23)38)33-27(16-5-7-18(30)8-6-16)24-15-37(36-35-24)20-9-10-20/h5-8,11-12,14-15,20,23,25,27,33,38H,1-4,9-10H2,(H,32,34)/t23?,25-,27?/m0/s1. The second-order valence-corrected chi connectivity index (χ2v) is 10.5. The molecule has 2 saturated carbocycles. The van der Waals surface area contributed by atoms with Gasteiger partial charge in [-0.15, -0.1) is 5.10 Å². The van der Waals surface area contributed by atoms with Crippen LogP contribution in [0.2, 0.25) is 5.02 Å². The second-order valence-electron chi connectivity index (χ2n) is 10.1. The van der Waals surface area contributed by atoms with Gasteiger partial charge in [0.2, 0.25) is 0 Å². The average molecular weight is 532 g/mol. The van der Waals surface area contributed by atoms with E-state index in [2.05, 4.69) is 32.0 Å². The summed E-state index contributed by atoms with van der Waals surface area (Å²) in [5.41, 5.74) is 3.74. The van der Waals surface area contributed by atoms with Crippen LogP contribution in [-0.2, 0) is 0 Å². The number of nitrogens with one attached hydrogen (secondary N) is 2. The summed E-state index contributed by atoms with van der Waals surface area (Å²) in [5.74, 6) is -0.321. The predicted molar refractivity (Wildman–Crippen MR) is 144 cm³/mol. The summed E-state index contributed by atoms with van der Waals surface area (Å²) in [7, 11) is 0. The van der Waals surface area contributed by atoms with Crippen molar-refractivity contribution in [2.45, 2.75) is 62.8 Å². The summed E-state index contributed by atoms with van der Waals surface area (Å²) in [6.45, 7) is 0. The van der Waals surface area contributed by atoms with Crippen LogP contribution in [0.15, 0.2) is 48.8 Å². The van der Waals surface area contributed by atoms with Gasteiger partial charge in [0, 0.05) is 17.3 Å². The fourth-order valence-corrected chi connectivity index (χ4v) is 5.41. The van der Waals surface area contributed by atoms with Crippen LogP contribution >= 0.6 is 11.6 Å². The first-order valence-electron chi connectivity index (χ1n) is 12.9. The molecule has 10 heteroatoms. The molecule has 2 heterocycles. The molecule has 0 bridgehead atoms. The second kappa shape index (κ2) is 10.2. The number of hydrogen-bond donors (Lipinski definition) is 3. The van der Waals surface area contributed by atoms with Crippen molar-refractivity contribution >= 4 is 33.9 Å². The van der Waals surface area contributed by atoms with Crippen LogP contribution in [0, 0.1) is 17.1 Å². The normalized spacial score (nSPS) is 20.2. The maximum Gasteiger partial charge on any atom is 0.123 e. The van der Waals surface area contributed by atoms with Crippen LogP contribution in [0.1, 0.15) is 67.4 Å². The fourth-order valence-electron chi connectivity index (χ4n) is 5.14. The lowest BCUT2D eigenvalue weighted by molar-refractivity contribution is 0.116. The lowest BCUT2D eigenvalue weighted by Crippen LogP contribution is -2.36. The summed E-state index contributed by atoms with van der Waals surface area (Å²) in [5, 5.41) is 37.2. The zero-order chi connectivity index (χ0) is 26.2. The number of hydrogen-bond acceptors (Lipinski definition) is 7. The van der Waals surface area contributed by atoms with Crippen molar-refractivity contribution in [1.82, 2.24) is 20.0 Å². The van der Waals surface area contributed by atoms with Gasteiger partial charge in [-0.2, -0.15) is 5.26 Å². The first-order chi connectivity index (χ1) is 18.5.